The predicted octanol–water partition coefficient (Wildman–Crippen LogP) is 1.82. The molecule has 0 spiro atoms. The highest BCUT2D eigenvalue weighted by atomic mass is 14.9. The summed E-state index contributed by atoms with van der Waals surface area (Å²) >= 11 is 0. The molecule has 3 N–H and O–H groups in total. The van der Waals surface area contributed by atoms with Crippen LogP contribution in [0.15, 0.2) is 0 Å². The van der Waals surface area contributed by atoms with Crippen LogP contribution in [0.4, 0.5) is 0 Å². The lowest BCUT2D eigenvalue weighted by Crippen LogP contribution is -2.01. The summed E-state index contributed by atoms with van der Waals surface area (Å²) in [6.07, 6.45) is 5.30. The van der Waals surface area contributed by atoms with E-state index < -0.39 is 0 Å². The molecule has 0 saturated heterocycles. The molecule has 1 heterocycles. The van der Waals surface area contributed by atoms with Gasteiger partial charge in [0.15, 0.2) is 0 Å². The van der Waals surface area contributed by atoms with Gasteiger partial charge in [-0.3, -0.25) is 0 Å². The highest BCUT2D eigenvalue weighted by Gasteiger charge is 2.06. The average Bonchev–Trinajstić information content (AvgIpc) is 2.58. The summed E-state index contributed by atoms with van der Waals surface area (Å²) in [5, 5.41) is 0. The molecule has 0 bridgehead atoms. The summed E-state index contributed by atoms with van der Waals surface area (Å²) in [5.41, 5.74) is 8.03. The molecule has 1 aromatic rings. The quantitative estimate of drug-likeness (QED) is 0.727. The molecule has 0 amide bonds. The maximum atomic E-state index is 5.47. The van der Waals surface area contributed by atoms with Crippen LogP contribution in [0.3, 0.4) is 0 Å². The summed E-state index contributed by atoms with van der Waals surface area (Å²) in [5.74, 6) is 1.11. The van der Waals surface area contributed by atoms with Gasteiger partial charge in [0.05, 0.1) is 5.69 Å². The molecule has 0 aliphatic heterocycles. The van der Waals surface area contributed by atoms with E-state index in [1.165, 1.54) is 17.8 Å². The van der Waals surface area contributed by atoms with Gasteiger partial charge in [-0.25, -0.2) is 4.98 Å². The molecule has 0 aliphatic rings. The van der Waals surface area contributed by atoms with Crippen LogP contribution in [0.2, 0.25) is 0 Å². The Bertz CT molecular complexity index is 265. The molecule has 0 aromatic carbocycles. The van der Waals surface area contributed by atoms with E-state index in [0.717, 1.165) is 38.1 Å². The van der Waals surface area contributed by atoms with Gasteiger partial charge in [0.1, 0.15) is 5.82 Å². The van der Waals surface area contributed by atoms with Gasteiger partial charge in [0.25, 0.3) is 0 Å². The van der Waals surface area contributed by atoms with Gasteiger partial charge in [0.2, 0.25) is 0 Å². The minimum Gasteiger partial charge on any atom is -0.346 e. The second-order valence-corrected chi connectivity index (χ2v) is 3.60. The van der Waals surface area contributed by atoms with Crippen LogP contribution >= 0.6 is 0 Å². The number of hydrogen-bond acceptors (Lipinski definition) is 2. The number of H-pyrrole nitrogens is 1. The molecular formula is C11H21N3. The summed E-state index contributed by atoms with van der Waals surface area (Å²) in [4.78, 5) is 7.98. The second-order valence-electron chi connectivity index (χ2n) is 3.60. The minimum atomic E-state index is 0.741. The number of aryl methyl sites for hydroxylation is 3. The number of nitrogens with two attached hydrogens (primary N) is 1. The van der Waals surface area contributed by atoms with Crippen LogP contribution in [-0.2, 0) is 19.3 Å². The number of hydrogen-bond donors (Lipinski definition) is 2. The van der Waals surface area contributed by atoms with Gasteiger partial charge < -0.3 is 10.7 Å². The van der Waals surface area contributed by atoms with Crippen LogP contribution < -0.4 is 5.73 Å². The normalized spacial score (nSPS) is 10.8. The molecule has 0 atom stereocenters. The first-order valence-electron chi connectivity index (χ1n) is 5.58. The molecule has 1 aromatic heterocycles. The Morgan fingerprint density at radius 1 is 1.29 bits per heavy atom. The first-order valence-corrected chi connectivity index (χ1v) is 5.58. The van der Waals surface area contributed by atoms with Crippen LogP contribution in [0, 0.1) is 0 Å². The molecule has 0 radical (unpaired) electrons. The third kappa shape index (κ3) is 2.84. The zero-order valence-electron chi connectivity index (χ0n) is 9.27. The van der Waals surface area contributed by atoms with E-state index in [1.807, 2.05) is 0 Å². The Labute approximate surface area is 86.1 Å². The molecule has 1 rings (SSSR count). The lowest BCUT2D eigenvalue weighted by Gasteiger charge is -1.95. The van der Waals surface area contributed by atoms with Crippen molar-refractivity contribution < 1.29 is 0 Å². The third-order valence-corrected chi connectivity index (χ3v) is 2.37. The van der Waals surface area contributed by atoms with Gasteiger partial charge in [-0.1, -0.05) is 20.3 Å². The van der Waals surface area contributed by atoms with Crippen molar-refractivity contribution in [3.63, 3.8) is 0 Å². The van der Waals surface area contributed by atoms with Crippen LogP contribution in [0.25, 0.3) is 0 Å². The lowest BCUT2D eigenvalue weighted by atomic mass is 10.2. The van der Waals surface area contributed by atoms with E-state index in [-0.39, 0.29) is 0 Å². The smallest absolute Gasteiger partial charge is 0.106 e. The molecule has 3 nitrogen and oxygen atoms in total. The van der Waals surface area contributed by atoms with Crippen molar-refractivity contribution in [1.29, 1.82) is 0 Å². The number of nitrogens with zero attached hydrogens (tertiary/aromatic N) is 1. The molecular weight excluding hydrogens is 174 g/mol. The van der Waals surface area contributed by atoms with Gasteiger partial charge >= 0.3 is 0 Å². The standard InChI is InChI=1S/C11H21N3/c1-3-6-10-9(4-2)13-11(14-10)7-5-8-12/h3-8,12H2,1-2H3,(H,13,14). The Balaban J connectivity index is 2.67. The average molecular weight is 195 g/mol. The molecule has 0 saturated carbocycles. The first-order chi connectivity index (χ1) is 6.81. The minimum absolute atomic E-state index is 0.741. The molecule has 0 aliphatic carbocycles. The van der Waals surface area contributed by atoms with E-state index in [4.69, 9.17) is 5.73 Å². The topological polar surface area (TPSA) is 54.7 Å². The van der Waals surface area contributed by atoms with E-state index in [0.29, 0.717) is 0 Å². The van der Waals surface area contributed by atoms with Gasteiger partial charge in [0, 0.05) is 12.1 Å². The lowest BCUT2D eigenvalue weighted by molar-refractivity contribution is 0.786. The Hall–Kier alpha value is -0.830. The predicted molar refractivity (Wildman–Crippen MR) is 59.3 cm³/mol. The van der Waals surface area contributed by atoms with Crippen LogP contribution in [0.5, 0.6) is 0 Å². The van der Waals surface area contributed by atoms with Gasteiger partial charge in [-0.05, 0) is 25.8 Å². The van der Waals surface area contributed by atoms with Gasteiger partial charge in [-0.2, -0.15) is 0 Å². The molecule has 0 fully saturated rings. The molecule has 3 heteroatoms. The van der Waals surface area contributed by atoms with Crippen molar-refractivity contribution in [3.05, 3.63) is 17.2 Å². The SMILES string of the molecule is CCCc1[nH]c(CCCN)nc1CC. The van der Waals surface area contributed by atoms with Gasteiger partial charge in [-0.15, -0.1) is 0 Å². The monoisotopic (exact) mass is 195 g/mol. The van der Waals surface area contributed by atoms with Crippen molar-refractivity contribution in [2.75, 3.05) is 6.54 Å². The second kappa shape index (κ2) is 5.81. The Morgan fingerprint density at radius 3 is 2.64 bits per heavy atom. The van der Waals surface area contributed by atoms with E-state index in [2.05, 4.69) is 23.8 Å². The number of imidazole rings is 1. The Morgan fingerprint density at radius 2 is 2.07 bits per heavy atom. The van der Waals surface area contributed by atoms with Crippen molar-refractivity contribution in [3.8, 4) is 0 Å². The number of aromatic nitrogens is 2. The Kier molecular flexibility index (Phi) is 4.66. The van der Waals surface area contributed by atoms with Crippen molar-refractivity contribution in [2.45, 2.75) is 46.0 Å². The third-order valence-electron chi connectivity index (χ3n) is 2.37. The van der Waals surface area contributed by atoms with Crippen molar-refractivity contribution in [1.82, 2.24) is 9.97 Å². The summed E-state index contributed by atoms with van der Waals surface area (Å²) in [6.45, 7) is 5.09. The zero-order chi connectivity index (χ0) is 10.4. The zero-order valence-corrected chi connectivity index (χ0v) is 9.27. The summed E-state index contributed by atoms with van der Waals surface area (Å²) in [7, 11) is 0. The molecule has 14 heavy (non-hydrogen) atoms. The fourth-order valence-electron chi connectivity index (χ4n) is 1.64. The fraction of sp³-hybridized carbons (Fsp3) is 0.727. The summed E-state index contributed by atoms with van der Waals surface area (Å²) < 4.78 is 0. The highest BCUT2D eigenvalue weighted by molar-refractivity contribution is 5.15. The highest BCUT2D eigenvalue weighted by Crippen LogP contribution is 2.10. The molecule has 0 unspecified atom stereocenters. The molecule has 80 valence electrons. The van der Waals surface area contributed by atoms with Crippen LogP contribution in [0.1, 0.15) is 43.9 Å². The number of rotatable bonds is 6. The van der Waals surface area contributed by atoms with E-state index >= 15 is 0 Å². The van der Waals surface area contributed by atoms with Crippen molar-refractivity contribution >= 4 is 0 Å². The maximum Gasteiger partial charge on any atom is 0.106 e. The maximum absolute atomic E-state index is 5.47. The first kappa shape index (κ1) is 11.2. The van der Waals surface area contributed by atoms with E-state index in [9.17, 15) is 0 Å². The van der Waals surface area contributed by atoms with E-state index in [1.54, 1.807) is 0 Å². The summed E-state index contributed by atoms with van der Waals surface area (Å²) in [6, 6.07) is 0. The largest absolute Gasteiger partial charge is 0.346 e. The number of aromatic amines is 1. The fourth-order valence-corrected chi connectivity index (χ4v) is 1.64. The number of nitrogens with one attached hydrogen (secondary N) is 1. The van der Waals surface area contributed by atoms with Crippen LogP contribution in [-0.4, -0.2) is 16.5 Å². The van der Waals surface area contributed by atoms with Crippen molar-refractivity contribution in [2.24, 2.45) is 5.73 Å².